The molecule has 2 heteroatoms. The molecule has 0 bridgehead atoms. The molecule has 0 spiro atoms. The van der Waals surface area contributed by atoms with Crippen molar-refractivity contribution in [3.05, 3.63) is 34.7 Å². The Balaban J connectivity index is 2.14. The van der Waals surface area contributed by atoms with Gasteiger partial charge in [0.2, 0.25) is 0 Å². The van der Waals surface area contributed by atoms with Gasteiger partial charge in [-0.25, -0.2) is 0 Å². The second kappa shape index (κ2) is 4.82. The van der Waals surface area contributed by atoms with Gasteiger partial charge < -0.3 is 0 Å². The summed E-state index contributed by atoms with van der Waals surface area (Å²) in [5.74, 6) is 0. The molecule has 21 heavy (non-hydrogen) atoms. The van der Waals surface area contributed by atoms with Crippen LogP contribution >= 0.6 is 22.7 Å². The Morgan fingerprint density at radius 3 is 2.19 bits per heavy atom. The van der Waals surface area contributed by atoms with E-state index in [9.17, 15) is 0 Å². The number of benzene rings is 1. The van der Waals surface area contributed by atoms with Crippen molar-refractivity contribution in [2.75, 3.05) is 0 Å². The minimum Gasteiger partial charge on any atom is -0.138 e. The van der Waals surface area contributed by atoms with Crippen molar-refractivity contribution in [1.29, 1.82) is 0 Å². The minimum atomic E-state index is 0.249. The van der Waals surface area contributed by atoms with Gasteiger partial charge in [-0.1, -0.05) is 47.6 Å². The van der Waals surface area contributed by atoms with Gasteiger partial charge >= 0.3 is 0 Å². The average Bonchev–Trinajstić information content (AvgIpc) is 2.83. The lowest BCUT2D eigenvalue weighted by Gasteiger charge is -2.18. The molecule has 112 valence electrons. The first-order chi connectivity index (χ1) is 9.63. The van der Waals surface area contributed by atoms with E-state index in [1.807, 2.05) is 22.7 Å². The quantitative estimate of drug-likeness (QED) is 0.453. The zero-order valence-electron chi connectivity index (χ0n) is 13.8. The molecule has 0 aliphatic carbocycles. The molecule has 0 radical (unpaired) electrons. The van der Waals surface area contributed by atoms with Gasteiger partial charge in [-0.15, -0.1) is 22.7 Å². The highest BCUT2D eigenvalue weighted by atomic mass is 32.1. The fourth-order valence-electron chi connectivity index (χ4n) is 2.69. The monoisotopic (exact) mass is 316 g/mol. The standard InChI is InChI=1S/C19H24S2/c1-18(2,3)11-12-7-8-14-13(9-12)17-15(20-14)10-16(21-17)19(4,5)6/h7-10H,11H2,1-6H3. The van der Waals surface area contributed by atoms with Crippen LogP contribution in [0.5, 0.6) is 0 Å². The van der Waals surface area contributed by atoms with E-state index in [0.717, 1.165) is 6.42 Å². The maximum absolute atomic E-state index is 2.42. The molecular formula is C19H24S2. The molecule has 0 aliphatic heterocycles. The Morgan fingerprint density at radius 2 is 1.57 bits per heavy atom. The summed E-state index contributed by atoms with van der Waals surface area (Å²) in [6, 6.07) is 9.43. The third-order valence-electron chi connectivity index (χ3n) is 3.68. The fourth-order valence-corrected chi connectivity index (χ4v) is 5.25. The molecule has 0 fully saturated rings. The average molecular weight is 317 g/mol. The van der Waals surface area contributed by atoms with E-state index < -0.39 is 0 Å². The van der Waals surface area contributed by atoms with E-state index in [4.69, 9.17) is 0 Å². The fraction of sp³-hybridized carbons (Fsp3) is 0.474. The first-order valence-corrected chi connectivity index (χ1v) is 9.22. The lowest BCUT2D eigenvalue weighted by atomic mass is 9.88. The molecule has 2 heterocycles. The summed E-state index contributed by atoms with van der Waals surface area (Å²) in [6.45, 7) is 13.8. The second-order valence-electron chi connectivity index (χ2n) is 8.22. The maximum Gasteiger partial charge on any atom is 0.0532 e. The zero-order chi connectivity index (χ0) is 15.4. The lowest BCUT2D eigenvalue weighted by Crippen LogP contribution is -2.08. The lowest BCUT2D eigenvalue weighted by molar-refractivity contribution is 0.411. The summed E-state index contributed by atoms with van der Waals surface area (Å²) in [5, 5.41) is 1.46. The van der Waals surface area contributed by atoms with E-state index in [1.165, 1.54) is 29.9 Å². The van der Waals surface area contributed by atoms with Gasteiger partial charge in [0.1, 0.15) is 0 Å². The van der Waals surface area contributed by atoms with Crippen LogP contribution in [0, 0.1) is 5.41 Å². The predicted octanol–water partition coefficient (Wildman–Crippen LogP) is 7.00. The zero-order valence-corrected chi connectivity index (χ0v) is 15.5. The number of hydrogen-bond acceptors (Lipinski definition) is 2. The van der Waals surface area contributed by atoms with E-state index in [-0.39, 0.29) is 5.41 Å². The summed E-state index contributed by atoms with van der Waals surface area (Å²) in [5.41, 5.74) is 2.05. The van der Waals surface area contributed by atoms with Gasteiger partial charge in [0.15, 0.2) is 0 Å². The van der Waals surface area contributed by atoms with Crippen molar-refractivity contribution in [3.63, 3.8) is 0 Å². The topological polar surface area (TPSA) is 0 Å². The van der Waals surface area contributed by atoms with Crippen molar-refractivity contribution in [1.82, 2.24) is 0 Å². The van der Waals surface area contributed by atoms with Crippen LogP contribution in [-0.4, -0.2) is 0 Å². The Hall–Kier alpha value is -0.860. The first-order valence-electron chi connectivity index (χ1n) is 7.59. The van der Waals surface area contributed by atoms with E-state index in [0.29, 0.717) is 5.41 Å². The molecule has 1 aromatic carbocycles. The molecule has 0 saturated heterocycles. The highest BCUT2D eigenvalue weighted by molar-refractivity contribution is 7.32. The molecule has 0 atom stereocenters. The molecule has 2 aromatic heterocycles. The third-order valence-corrected chi connectivity index (χ3v) is 6.52. The van der Waals surface area contributed by atoms with Crippen molar-refractivity contribution in [2.45, 2.75) is 53.4 Å². The van der Waals surface area contributed by atoms with Crippen LogP contribution in [0.1, 0.15) is 52.0 Å². The van der Waals surface area contributed by atoms with Crippen LogP contribution in [0.4, 0.5) is 0 Å². The number of hydrogen-bond donors (Lipinski definition) is 0. The predicted molar refractivity (Wildman–Crippen MR) is 99.1 cm³/mol. The molecule has 0 nitrogen and oxygen atoms in total. The van der Waals surface area contributed by atoms with Gasteiger partial charge in [0.25, 0.3) is 0 Å². The van der Waals surface area contributed by atoms with E-state index in [2.05, 4.69) is 65.8 Å². The van der Waals surface area contributed by atoms with Crippen LogP contribution in [0.25, 0.3) is 19.5 Å². The summed E-state index contributed by atoms with van der Waals surface area (Å²) in [4.78, 5) is 1.49. The molecule has 0 amide bonds. The van der Waals surface area contributed by atoms with Crippen molar-refractivity contribution in [2.24, 2.45) is 5.41 Å². The van der Waals surface area contributed by atoms with Gasteiger partial charge in [-0.2, -0.15) is 0 Å². The molecule has 3 rings (SSSR count). The number of rotatable bonds is 1. The second-order valence-corrected chi connectivity index (χ2v) is 10.4. The normalized spacial score (nSPS) is 13.4. The molecular weight excluding hydrogens is 292 g/mol. The van der Waals surface area contributed by atoms with Gasteiger partial charge in [0.05, 0.1) is 4.70 Å². The third kappa shape index (κ3) is 3.02. The highest BCUT2D eigenvalue weighted by Crippen LogP contribution is 2.43. The number of fused-ring (bicyclic) bond motifs is 3. The van der Waals surface area contributed by atoms with Crippen molar-refractivity contribution in [3.8, 4) is 0 Å². The van der Waals surface area contributed by atoms with E-state index >= 15 is 0 Å². The van der Waals surface area contributed by atoms with Crippen molar-refractivity contribution >= 4 is 42.2 Å². The molecule has 0 aliphatic rings. The summed E-state index contributed by atoms with van der Waals surface area (Å²) >= 11 is 3.91. The Kier molecular flexibility index (Phi) is 3.46. The van der Waals surface area contributed by atoms with Crippen molar-refractivity contribution < 1.29 is 0 Å². The first kappa shape index (κ1) is 15.1. The molecule has 0 N–H and O–H groups in total. The smallest absolute Gasteiger partial charge is 0.0532 e. The van der Waals surface area contributed by atoms with Gasteiger partial charge in [-0.05, 0) is 41.0 Å². The van der Waals surface area contributed by atoms with Crippen LogP contribution < -0.4 is 0 Å². The number of thiophene rings is 2. The SMILES string of the molecule is CC(C)(C)Cc1ccc2sc3cc(C(C)(C)C)sc3c2c1. The minimum absolute atomic E-state index is 0.249. The van der Waals surface area contributed by atoms with E-state index in [1.54, 1.807) is 0 Å². The Labute approximate surface area is 135 Å². The molecule has 3 aromatic rings. The molecule has 0 saturated carbocycles. The van der Waals surface area contributed by atoms with Gasteiger partial charge in [-0.3, -0.25) is 0 Å². The van der Waals surface area contributed by atoms with Crippen LogP contribution in [0.3, 0.4) is 0 Å². The van der Waals surface area contributed by atoms with Crippen LogP contribution in [-0.2, 0) is 11.8 Å². The molecule has 0 unspecified atom stereocenters. The summed E-state index contributed by atoms with van der Waals surface area (Å²) in [6.07, 6.45) is 1.14. The summed E-state index contributed by atoms with van der Waals surface area (Å²) in [7, 11) is 0. The van der Waals surface area contributed by atoms with Gasteiger partial charge in [0, 0.05) is 19.7 Å². The summed E-state index contributed by atoms with van der Waals surface area (Å²) < 4.78 is 4.36. The van der Waals surface area contributed by atoms with Crippen LogP contribution in [0.2, 0.25) is 0 Å². The maximum atomic E-state index is 2.42. The Bertz CT molecular complexity index is 789. The largest absolute Gasteiger partial charge is 0.138 e. The van der Waals surface area contributed by atoms with Crippen LogP contribution in [0.15, 0.2) is 24.3 Å². The Morgan fingerprint density at radius 1 is 0.857 bits per heavy atom. The highest BCUT2D eigenvalue weighted by Gasteiger charge is 2.19.